The maximum absolute atomic E-state index is 5.61. The topological polar surface area (TPSA) is 33.3 Å². The third-order valence-corrected chi connectivity index (χ3v) is 2.77. The Balaban J connectivity index is 2.22. The van der Waals surface area contributed by atoms with Crippen molar-refractivity contribution in [3.05, 3.63) is 29.8 Å². The first-order valence-corrected chi connectivity index (χ1v) is 7.19. The first-order chi connectivity index (χ1) is 9.03. The number of benzene rings is 1. The molecule has 0 spiro atoms. The molecular formula is C16H28N2O. The highest BCUT2D eigenvalue weighted by Crippen LogP contribution is 2.17. The summed E-state index contributed by atoms with van der Waals surface area (Å²) < 4.78 is 5.61. The fraction of sp³-hybridized carbons (Fsp3) is 0.625. The van der Waals surface area contributed by atoms with Crippen LogP contribution >= 0.6 is 0 Å². The van der Waals surface area contributed by atoms with E-state index < -0.39 is 0 Å². The molecule has 0 heterocycles. The van der Waals surface area contributed by atoms with Crippen molar-refractivity contribution in [3.8, 4) is 5.75 Å². The molecule has 0 aromatic heterocycles. The Labute approximate surface area is 117 Å². The van der Waals surface area contributed by atoms with E-state index in [9.17, 15) is 0 Å². The van der Waals surface area contributed by atoms with Gasteiger partial charge in [0.05, 0.1) is 6.61 Å². The van der Waals surface area contributed by atoms with Gasteiger partial charge in [0.25, 0.3) is 0 Å². The molecule has 19 heavy (non-hydrogen) atoms. The molecule has 0 saturated carbocycles. The maximum Gasteiger partial charge on any atom is 0.123 e. The summed E-state index contributed by atoms with van der Waals surface area (Å²) in [6.45, 7) is 12.2. The van der Waals surface area contributed by atoms with Gasteiger partial charge >= 0.3 is 0 Å². The van der Waals surface area contributed by atoms with Gasteiger partial charge in [0.2, 0.25) is 0 Å². The largest absolute Gasteiger partial charge is 0.494 e. The van der Waals surface area contributed by atoms with Crippen LogP contribution in [0.15, 0.2) is 24.3 Å². The van der Waals surface area contributed by atoms with Gasteiger partial charge < -0.3 is 15.4 Å². The van der Waals surface area contributed by atoms with Crippen molar-refractivity contribution in [3.63, 3.8) is 0 Å². The molecule has 0 radical (unpaired) electrons. The minimum absolute atomic E-state index is 0.210. The van der Waals surface area contributed by atoms with Crippen molar-refractivity contribution >= 4 is 0 Å². The summed E-state index contributed by atoms with van der Waals surface area (Å²) in [7, 11) is 0. The van der Waals surface area contributed by atoms with Crippen molar-refractivity contribution in [2.75, 3.05) is 19.7 Å². The third-order valence-electron chi connectivity index (χ3n) is 2.77. The molecule has 3 nitrogen and oxygen atoms in total. The van der Waals surface area contributed by atoms with Gasteiger partial charge in [-0.2, -0.15) is 0 Å². The molecule has 1 rings (SSSR count). The summed E-state index contributed by atoms with van der Waals surface area (Å²) in [5.74, 6) is 0.991. The molecule has 0 unspecified atom stereocenters. The summed E-state index contributed by atoms with van der Waals surface area (Å²) in [5, 5.41) is 6.95. The lowest BCUT2D eigenvalue weighted by Crippen LogP contribution is -2.37. The van der Waals surface area contributed by atoms with Gasteiger partial charge in [0.1, 0.15) is 5.75 Å². The monoisotopic (exact) mass is 264 g/mol. The summed E-state index contributed by atoms with van der Waals surface area (Å²) in [6, 6.07) is 8.22. The van der Waals surface area contributed by atoms with Gasteiger partial charge in [-0.3, -0.25) is 0 Å². The van der Waals surface area contributed by atoms with Crippen molar-refractivity contribution < 1.29 is 4.74 Å². The molecule has 3 heteroatoms. The molecule has 2 N–H and O–H groups in total. The second-order valence-corrected chi connectivity index (χ2v) is 5.75. The highest BCUT2D eigenvalue weighted by atomic mass is 16.5. The van der Waals surface area contributed by atoms with Crippen LogP contribution in [0.25, 0.3) is 0 Å². The normalized spacial score (nSPS) is 11.6. The van der Waals surface area contributed by atoms with Crippen LogP contribution in [0, 0.1) is 0 Å². The lowest BCUT2D eigenvalue weighted by molar-refractivity contribution is 0.335. The van der Waals surface area contributed by atoms with Gasteiger partial charge in [0, 0.05) is 17.6 Å². The lowest BCUT2D eigenvalue weighted by atomic mass is 10.1. The fourth-order valence-corrected chi connectivity index (χ4v) is 1.85. The Hall–Kier alpha value is -1.06. The van der Waals surface area contributed by atoms with Gasteiger partial charge in [-0.1, -0.05) is 18.2 Å². The van der Waals surface area contributed by atoms with Crippen molar-refractivity contribution in [1.29, 1.82) is 0 Å². The van der Waals surface area contributed by atoms with E-state index in [-0.39, 0.29) is 5.54 Å². The van der Waals surface area contributed by atoms with E-state index in [1.807, 2.05) is 19.1 Å². The number of ether oxygens (including phenoxy) is 1. The molecule has 0 aliphatic heterocycles. The minimum Gasteiger partial charge on any atom is -0.494 e. The molecule has 0 saturated heterocycles. The highest BCUT2D eigenvalue weighted by molar-refractivity contribution is 5.33. The molecule has 0 aliphatic carbocycles. The van der Waals surface area contributed by atoms with Gasteiger partial charge in [0.15, 0.2) is 0 Å². The SMILES string of the molecule is CCOc1ccccc1CNCCCNC(C)(C)C. The average molecular weight is 264 g/mol. The molecule has 1 aromatic rings. The van der Waals surface area contributed by atoms with Crippen LogP contribution in [-0.2, 0) is 6.54 Å². The van der Waals surface area contributed by atoms with Crippen LogP contribution < -0.4 is 15.4 Å². The molecular weight excluding hydrogens is 236 g/mol. The summed E-state index contributed by atoms with van der Waals surface area (Å²) in [6.07, 6.45) is 1.13. The summed E-state index contributed by atoms with van der Waals surface area (Å²) in [4.78, 5) is 0. The van der Waals surface area contributed by atoms with Gasteiger partial charge in [-0.05, 0) is 53.3 Å². The second-order valence-electron chi connectivity index (χ2n) is 5.75. The Kier molecular flexibility index (Phi) is 6.89. The van der Waals surface area contributed by atoms with E-state index >= 15 is 0 Å². The standard InChI is InChI=1S/C16H28N2O/c1-5-19-15-10-7-6-9-14(15)13-17-11-8-12-18-16(2,3)4/h6-7,9-10,17-18H,5,8,11-13H2,1-4H3. The minimum atomic E-state index is 0.210. The van der Waals surface area contributed by atoms with Crippen LogP contribution in [0.4, 0.5) is 0 Å². The lowest BCUT2D eigenvalue weighted by Gasteiger charge is -2.20. The van der Waals surface area contributed by atoms with Crippen LogP contribution in [0.1, 0.15) is 39.7 Å². The van der Waals surface area contributed by atoms with E-state index in [1.54, 1.807) is 0 Å². The van der Waals surface area contributed by atoms with Gasteiger partial charge in [-0.15, -0.1) is 0 Å². The number of nitrogens with one attached hydrogen (secondary N) is 2. The first kappa shape index (κ1) is 16.0. The molecule has 0 aliphatic rings. The number of hydrogen-bond acceptors (Lipinski definition) is 3. The fourth-order valence-electron chi connectivity index (χ4n) is 1.85. The predicted molar refractivity (Wildman–Crippen MR) is 81.7 cm³/mol. The molecule has 1 aromatic carbocycles. The van der Waals surface area contributed by atoms with Crippen LogP contribution in [0.2, 0.25) is 0 Å². The Morgan fingerprint density at radius 3 is 2.53 bits per heavy atom. The Morgan fingerprint density at radius 2 is 1.84 bits per heavy atom. The maximum atomic E-state index is 5.61. The number of rotatable bonds is 8. The number of para-hydroxylation sites is 1. The van der Waals surface area contributed by atoms with Crippen LogP contribution in [0.3, 0.4) is 0 Å². The zero-order valence-electron chi connectivity index (χ0n) is 12.8. The molecule has 0 fully saturated rings. The molecule has 0 amide bonds. The molecule has 0 atom stereocenters. The van der Waals surface area contributed by atoms with Crippen LogP contribution in [0.5, 0.6) is 5.75 Å². The third kappa shape index (κ3) is 7.19. The Morgan fingerprint density at radius 1 is 1.11 bits per heavy atom. The highest BCUT2D eigenvalue weighted by Gasteiger charge is 2.07. The Bertz CT molecular complexity index is 358. The van der Waals surface area contributed by atoms with Gasteiger partial charge in [-0.25, -0.2) is 0 Å². The average Bonchev–Trinajstić information content (AvgIpc) is 2.34. The van der Waals surface area contributed by atoms with E-state index in [1.165, 1.54) is 5.56 Å². The van der Waals surface area contributed by atoms with E-state index in [4.69, 9.17) is 4.74 Å². The number of hydrogen-bond donors (Lipinski definition) is 2. The van der Waals surface area contributed by atoms with E-state index in [0.29, 0.717) is 6.61 Å². The smallest absolute Gasteiger partial charge is 0.123 e. The quantitative estimate of drug-likeness (QED) is 0.708. The molecule has 108 valence electrons. The van der Waals surface area contributed by atoms with Crippen LogP contribution in [-0.4, -0.2) is 25.2 Å². The van der Waals surface area contributed by atoms with Crippen molar-refractivity contribution in [1.82, 2.24) is 10.6 Å². The van der Waals surface area contributed by atoms with E-state index in [2.05, 4.69) is 43.5 Å². The molecule has 0 bridgehead atoms. The van der Waals surface area contributed by atoms with Crippen molar-refractivity contribution in [2.24, 2.45) is 0 Å². The summed E-state index contributed by atoms with van der Waals surface area (Å²) >= 11 is 0. The zero-order valence-corrected chi connectivity index (χ0v) is 12.8. The first-order valence-electron chi connectivity index (χ1n) is 7.19. The van der Waals surface area contributed by atoms with Crippen molar-refractivity contribution in [2.45, 2.75) is 46.2 Å². The summed E-state index contributed by atoms with van der Waals surface area (Å²) in [5.41, 5.74) is 1.44. The second kappa shape index (κ2) is 8.18. The van der Waals surface area contributed by atoms with E-state index in [0.717, 1.165) is 31.8 Å². The zero-order chi connectivity index (χ0) is 14.1. The predicted octanol–water partition coefficient (Wildman–Crippen LogP) is 2.95.